The molecule has 0 aliphatic carbocycles. The number of aromatic nitrogens is 3. The number of pyridine rings is 1. The van der Waals surface area contributed by atoms with E-state index in [4.69, 9.17) is 10.5 Å². The Morgan fingerprint density at radius 2 is 2.19 bits per heavy atom. The van der Waals surface area contributed by atoms with Crippen LogP contribution in [-0.4, -0.2) is 27.7 Å². The van der Waals surface area contributed by atoms with E-state index in [1.165, 1.54) is 0 Å². The molecule has 1 aromatic carbocycles. The van der Waals surface area contributed by atoms with Crippen LogP contribution in [0.25, 0.3) is 5.65 Å². The molecular formula is C15H17N5O. The van der Waals surface area contributed by atoms with E-state index in [-0.39, 0.29) is 0 Å². The van der Waals surface area contributed by atoms with Gasteiger partial charge in [-0.2, -0.15) is 4.98 Å². The standard InChI is InChI=1S/C15H17N5O/c1-11-5-6-14-18-15(19-20(14)10-11)17-12-3-2-4-13(9-12)21-8-7-16/h2-6,9-10H,7-8,16H2,1H3,(H,17,19). The lowest BCUT2D eigenvalue weighted by molar-refractivity contribution is 0.328. The molecule has 0 spiro atoms. The van der Waals surface area contributed by atoms with Crippen molar-refractivity contribution in [2.24, 2.45) is 5.73 Å². The van der Waals surface area contributed by atoms with Crippen LogP contribution >= 0.6 is 0 Å². The number of hydrogen-bond donors (Lipinski definition) is 2. The fraction of sp³-hybridized carbons (Fsp3) is 0.200. The van der Waals surface area contributed by atoms with Gasteiger partial charge >= 0.3 is 0 Å². The molecular weight excluding hydrogens is 266 g/mol. The highest BCUT2D eigenvalue weighted by Crippen LogP contribution is 2.20. The van der Waals surface area contributed by atoms with Gasteiger partial charge in [-0.25, -0.2) is 4.52 Å². The summed E-state index contributed by atoms with van der Waals surface area (Å²) in [6.07, 6.45) is 1.94. The van der Waals surface area contributed by atoms with Gasteiger partial charge in [0, 0.05) is 24.5 Å². The molecule has 3 N–H and O–H groups in total. The lowest BCUT2D eigenvalue weighted by Gasteiger charge is -2.06. The Morgan fingerprint density at radius 1 is 1.29 bits per heavy atom. The minimum Gasteiger partial charge on any atom is -0.492 e. The molecule has 0 saturated carbocycles. The second-order valence-corrected chi connectivity index (χ2v) is 4.73. The minimum absolute atomic E-state index is 0.491. The molecule has 2 aromatic heterocycles. The SMILES string of the molecule is Cc1ccc2nc(Nc3cccc(OCCN)c3)nn2c1. The largest absolute Gasteiger partial charge is 0.492 e. The first kappa shape index (κ1) is 13.4. The highest BCUT2D eigenvalue weighted by molar-refractivity contribution is 5.57. The Bertz CT molecular complexity index is 753. The first-order valence-electron chi connectivity index (χ1n) is 6.77. The topological polar surface area (TPSA) is 77.5 Å². The molecule has 3 rings (SSSR count). The summed E-state index contributed by atoms with van der Waals surface area (Å²) >= 11 is 0. The number of anilines is 2. The summed E-state index contributed by atoms with van der Waals surface area (Å²) in [5, 5.41) is 7.57. The number of nitrogens with zero attached hydrogens (tertiary/aromatic N) is 3. The summed E-state index contributed by atoms with van der Waals surface area (Å²) in [6, 6.07) is 11.6. The summed E-state index contributed by atoms with van der Waals surface area (Å²) in [5.74, 6) is 1.32. The van der Waals surface area contributed by atoms with E-state index in [9.17, 15) is 0 Å². The highest BCUT2D eigenvalue weighted by Gasteiger charge is 2.04. The predicted octanol–water partition coefficient (Wildman–Crippen LogP) is 2.12. The summed E-state index contributed by atoms with van der Waals surface area (Å²) in [7, 11) is 0. The van der Waals surface area contributed by atoms with Gasteiger partial charge in [0.05, 0.1) is 0 Å². The first-order chi connectivity index (χ1) is 10.2. The molecule has 6 nitrogen and oxygen atoms in total. The van der Waals surface area contributed by atoms with E-state index in [0.29, 0.717) is 19.1 Å². The fourth-order valence-electron chi connectivity index (χ4n) is 2.01. The normalized spacial score (nSPS) is 10.8. The van der Waals surface area contributed by atoms with Crippen LogP contribution in [0.5, 0.6) is 5.75 Å². The van der Waals surface area contributed by atoms with E-state index >= 15 is 0 Å². The Hall–Kier alpha value is -2.60. The second-order valence-electron chi connectivity index (χ2n) is 4.73. The van der Waals surface area contributed by atoms with Crippen molar-refractivity contribution in [1.29, 1.82) is 0 Å². The molecule has 0 radical (unpaired) electrons. The third-order valence-electron chi connectivity index (χ3n) is 2.96. The predicted molar refractivity (Wildman–Crippen MR) is 82.0 cm³/mol. The number of rotatable bonds is 5. The monoisotopic (exact) mass is 283 g/mol. The van der Waals surface area contributed by atoms with Gasteiger partial charge in [0.2, 0.25) is 5.95 Å². The smallest absolute Gasteiger partial charge is 0.247 e. The van der Waals surface area contributed by atoms with Gasteiger partial charge in [-0.15, -0.1) is 5.10 Å². The van der Waals surface area contributed by atoms with Crippen LogP contribution in [0, 0.1) is 6.92 Å². The average Bonchev–Trinajstić information content (AvgIpc) is 2.86. The molecule has 0 aliphatic heterocycles. The third kappa shape index (κ3) is 3.11. The lowest BCUT2D eigenvalue weighted by Crippen LogP contribution is -2.10. The zero-order chi connectivity index (χ0) is 14.7. The number of hydrogen-bond acceptors (Lipinski definition) is 5. The van der Waals surface area contributed by atoms with Crippen LogP contribution in [0.4, 0.5) is 11.6 Å². The molecule has 0 unspecified atom stereocenters. The number of ether oxygens (including phenoxy) is 1. The van der Waals surface area contributed by atoms with E-state index in [2.05, 4.69) is 15.4 Å². The number of nitrogens with two attached hydrogens (primary N) is 1. The maximum atomic E-state index is 5.50. The third-order valence-corrected chi connectivity index (χ3v) is 2.96. The second kappa shape index (κ2) is 5.80. The van der Waals surface area contributed by atoms with Crippen molar-refractivity contribution in [3.05, 3.63) is 48.2 Å². The van der Waals surface area contributed by atoms with Gasteiger partial charge in [0.25, 0.3) is 0 Å². The summed E-state index contributed by atoms with van der Waals surface area (Å²) < 4.78 is 7.25. The minimum atomic E-state index is 0.491. The fourth-order valence-corrected chi connectivity index (χ4v) is 2.01. The van der Waals surface area contributed by atoms with Gasteiger partial charge in [-0.1, -0.05) is 12.1 Å². The van der Waals surface area contributed by atoms with Crippen LogP contribution in [0.2, 0.25) is 0 Å². The van der Waals surface area contributed by atoms with Crippen molar-refractivity contribution >= 4 is 17.3 Å². The van der Waals surface area contributed by atoms with E-state index in [1.807, 2.05) is 49.5 Å². The molecule has 21 heavy (non-hydrogen) atoms. The molecule has 0 amide bonds. The van der Waals surface area contributed by atoms with Gasteiger partial charge in [0.1, 0.15) is 12.4 Å². The van der Waals surface area contributed by atoms with E-state index < -0.39 is 0 Å². The Balaban J connectivity index is 1.81. The zero-order valence-corrected chi connectivity index (χ0v) is 11.8. The molecule has 2 heterocycles. The van der Waals surface area contributed by atoms with Crippen LogP contribution in [-0.2, 0) is 0 Å². The van der Waals surface area contributed by atoms with Gasteiger partial charge in [-0.05, 0) is 30.7 Å². The number of aryl methyl sites for hydroxylation is 1. The molecule has 0 saturated heterocycles. The van der Waals surface area contributed by atoms with E-state index in [0.717, 1.165) is 22.6 Å². The molecule has 108 valence electrons. The van der Waals surface area contributed by atoms with Gasteiger partial charge < -0.3 is 15.8 Å². The van der Waals surface area contributed by atoms with Crippen molar-refractivity contribution in [3.8, 4) is 5.75 Å². The van der Waals surface area contributed by atoms with Crippen LogP contribution in [0.3, 0.4) is 0 Å². The van der Waals surface area contributed by atoms with Crippen LogP contribution in [0.1, 0.15) is 5.56 Å². The number of fused-ring (bicyclic) bond motifs is 1. The molecule has 3 aromatic rings. The summed E-state index contributed by atoms with van der Waals surface area (Å²) in [4.78, 5) is 4.42. The van der Waals surface area contributed by atoms with Crippen LogP contribution in [0.15, 0.2) is 42.6 Å². The highest BCUT2D eigenvalue weighted by atomic mass is 16.5. The molecule has 6 heteroatoms. The molecule has 0 bridgehead atoms. The number of benzene rings is 1. The summed E-state index contributed by atoms with van der Waals surface area (Å²) in [5.41, 5.74) is 8.24. The maximum absolute atomic E-state index is 5.50. The van der Waals surface area contributed by atoms with Crippen molar-refractivity contribution in [3.63, 3.8) is 0 Å². The molecule has 0 aliphatic rings. The van der Waals surface area contributed by atoms with Crippen molar-refractivity contribution < 1.29 is 4.74 Å². The molecule has 0 fully saturated rings. The zero-order valence-electron chi connectivity index (χ0n) is 11.8. The lowest BCUT2D eigenvalue weighted by atomic mass is 10.3. The Kier molecular flexibility index (Phi) is 3.70. The Morgan fingerprint density at radius 3 is 3.05 bits per heavy atom. The van der Waals surface area contributed by atoms with Crippen LogP contribution < -0.4 is 15.8 Å². The molecule has 0 atom stereocenters. The average molecular weight is 283 g/mol. The Labute approximate surface area is 122 Å². The van der Waals surface area contributed by atoms with Crippen molar-refractivity contribution in [2.45, 2.75) is 6.92 Å². The quantitative estimate of drug-likeness (QED) is 0.750. The van der Waals surface area contributed by atoms with Crippen molar-refractivity contribution in [2.75, 3.05) is 18.5 Å². The van der Waals surface area contributed by atoms with Gasteiger partial charge in [0.15, 0.2) is 5.65 Å². The van der Waals surface area contributed by atoms with Crippen molar-refractivity contribution in [1.82, 2.24) is 14.6 Å². The summed E-state index contributed by atoms with van der Waals surface area (Å²) in [6.45, 7) is 3.01. The van der Waals surface area contributed by atoms with E-state index in [1.54, 1.807) is 4.52 Å². The number of nitrogens with one attached hydrogen (secondary N) is 1. The van der Waals surface area contributed by atoms with Gasteiger partial charge in [-0.3, -0.25) is 0 Å². The maximum Gasteiger partial charge on any atom is 0.247 e. The first-order valence-corrected chi connectivity index (χ1v) is 6.77.